The number of carbonyl (C=O) groups is 2. The molecule has 2 heterocycles. The van der Waals surface area contributed by atoms with Crippen LogP contribution in [0.1, 0.15) is 5.56 Å². The van der Waals surface area contributed by atoms with Crippen LogP contribution in [0.3, 0.4) is 0 Å². The third-order valence-corrected chi connectivity index (χ3v) is 5.17. The van der Waals surface area contributed by atoms with Gasteiger partial charge in [-0.15, -0.1) is 0 Å². The molecule has 0 aromatic heterocycles. The predicted octanol–water partition coefficient (Wildman–Crippen LogP) is 3.37. The average molecular weight is 414 g/mol. The summed E-state index contributed by atoms with van der Waals surface area (Å²) >= 11 is 1.05. The number of nitrogens with zero attached hydrogens (tertiary/aromatic N) is 2. The molecule has 0 atom stereocenters. The van der Waals surface area contributed by atoms with Crippen LogP contribution in [0.25, 0.3) is 0 Å². The van der Waals surface area contributed by atoms with E-state index in [9.17, 15) is 14.0 Å². The maximum atomic E-state index is 13.2. The molecule has 1 amide bonds. The van der Waals surface area contributed by atoms with Gasteiger partial charge in [-0.2, -0.15) is 0 Å². The van der Waals surface area contributed by atoms with Gasteiger partial charge in [0.25, 0.3) is 5.91 Å². The fraction of sp³-hybridized carbons (Fsp3) is 0.150. The molecule has 148 valence electrons. The summed E-state index contributed by atoms with van der Waals surface area (Å²) in [4.78, 5) is 30.6. The van der Waals surface area contributed by atoms with Crippen molar-refractivity contribution in [2.45, 2.75) is 6.54 Å². The molecule has 0 saturated carbocycles. The highest BCUT2D eigenvalue weighted by molar-refractivity contribution is 8.18. The first-order valence-electron chi connectivity index (χ1n) is 8.55. The number of hydrogen-bond acceptors (Lipinski definition) is 7. The Hall–Kier alpha value is -3.33. The van der Waals surface area contributed by atoms with Crippen molar-refractivity contribution < 1.29 is 28.2 Å². The van der Waals surface area contributed by atoms with E-state index in [2.05, 4.69) is 9.73 Å². The van der Waals surface area contributed by atoms with Crippen molar-refractivity contribution in [3.8, 4) is 11.5 Å². The monoisotopic (exact) mass is 414 g/mol. The minimum Gasteiger partial charge on any atom is -0.466 e. The number of halogens is 1. The van der Waals surface area contributed by atoms with E-state index in [0.29, 0.717) is 22.4 Å². The van der Waals surface area contributed by atoms with Gasteiger partial charge in [-0.05, 0) is 53.7 Å². The summed E-state index contributed by atoms with van der Waals surface area (Å²) in [5.41, 5.74) is 1.28. The van der Waals surface area contributed by atoms with Crippen molar-refractivity contribution in [2.24, 2.45) is 4.99 Å². The SMILES string of the molecule is COC(=O)/C=C1/SC(=Nc2ccc(F)cc2)N(Cc2ccc3c(c2)OCO3)C1=O. The Labute approximate surface area is 169 Å². The van der Waals surface area contributed by atoms with Crippen LogP contribution in [0.4, 0.5) is 10.1 Å². The van der Waals surface area contributed by atoms with Crippen LogP contribution in [-0.4, -0.2) is 35.8 Å². The van der Waals surface area contributed by atoms with Crippen molar-refractivity contribution in [3.05, 3.63) is 64.8 Å². The van der Waals surface area contributed by atoms with Crippen LogP contribution >= 0.6 is 11.8 Å². The van der Waals surface area contributed by atoms with Crippen molar-refractivity contribution in [3.63, 3.8) is 0 Å². The minimum atomic E-state index is -0.632. The maximum Gasteiger partial charge on any atom is 0.331 e. The Morgan fingerprint density at radius 1 is 1.24 bits per heavy atom. The van der Waals surface area contributed by atoms with E-state index in [4.69, 9.17) is 9.47 Å². The van der Waals surface area contributed by atoms with Crippen molar-refractivity contribution in [2.75, 3.05) is 13.9 Å². The number of amides is 1. The lowest BCUT2D eigenvalue weighted by Crippen LogP contribution is -2.28. The molecule has 1 fully saturated rings. The normalized spacial score (nSPS) is 18.0. The number of hydrogen-bond donors (Lipinski definition) is 0. The number of rotatable bonds is 4. The fourth-order valence-corrected chi connectivity index (χ4v) is 3.70. The number of methoxy groups -OCH3 is 1. The zero-order valence-electron chi connectivity index (χ0n) is 15.3. The highest BCUT2D eigenvalue weighted by atomic mass is 32.2. The van der Waals surface area contributed by atoms with Crippen molar-refractivity contribution >= 4 is 34.5 Å². The van der Waals surface area contributed by atoms with Crippen LogP contribution in [0, 0.1) is 5.82 Å². The first kappa shape index (κ1) is 19.0. The summed E-state index contributed by atoms with van der Waals surface area (Å²) in [6.07, 6.45) is 1.13. The van der Waals surface area contributed by atoms with E-state index in [-0.39, 0.29) is 30.0 Å². The lowest BCUT2D eigenvalue weighted by Gasteiger charge is -2.16. The predicted molar refractivity (Wildman–Crippen MR) is 104 cm³/mol. The van der Waals surface area contributed by atoms with Crippen LogP contribution in [0.5, 0.6) is 11.5 Å². The van der Waals surface area contributed by atoms with Gasteiger partial charge in [-0.3, -0.25) is 9.69 Å². The molecule has 0 aliphatic carbocycles. The summed E-state index contributed by atoms with van der Waals surface area (Å²) in [5, 5.41) is 0.370. The topological polar surface area (TPSA) is 77.4 Å². The molecule has 2 aliphatic rings. The van der Waals surface area contributed by atoms with Gasteiger partial charge in [-0.1, -0.05) is 6.07 Å². The third kappa shape index (κ3) is 4.09. The molecule has 4 rings (SSSR count). The van der Waals surface area contributed by atoms with Gasteiger partial charge < -0.3 is 14.2 Å². The Morgan fingerprint density at radius 3 is 2.76 bits per heavy atom. The molecule has 2 aliphatic heterocycles. The quantitative estimate of drug-likeness (QED) is 0.564. The minimum absolute atomic E-state index is 0.153. The molecule has 0 radical (unpaired) electrons. The smallest absolute Gasteiger partial charge is 0.331 e. The van der Waals surface area contributed by atoms with E-state index in [1.165, 1.54) is 36.3 Å². The van der Waals surface area contributed by atoms with Crippen LogP contribution in [0.15, 0.2) is 58.4 Å². The van der Waals surface area contributed by atoms with E-state index >= 15 is 0 Å². The second-order valence-electron chi connectivity index (χ2n) is 6.08. The first-order chi connectivity index (χ1) is 14.0. The lowest BCUT2D eigenvalue weighted by atomic mass is 10.2. The molecular formula is C20H15FN2O5S. The first-order valence-corrected chi connectivity index (χ1v) is 9.37. The van der Waals surface area contributed by atoms with Gasteiger partial charge in [0.2, 0.25) is 6.79 Å². The van der Waals surface area contributed by atoms with Gasteiger partial charge in [0.15, 0.2) is 16.7 Å². The number of ether oxygens (including phenoxy) is 3. The Morgan fingerprint density at radius 2 is 2.00 bits per heavy atom. The number of thioether (sulfide) groups is 1. The summed E-state index contributed by atoms with van der Waals surface area (Å²) in [6.45, 7) is 0.363. The van der Waals surface area contributed by atoms with Gasteiger partial charge in [0, 0.05) is 6.08 Å². The van der Waals surface area contributed by atoms with E-state index in [1.807, 2.05) is 6.07 Å². The highest BCUT2D eigenvalue weighted by Gasteiger charge is 2.34. The third-order valence-electron chi connectivity index (χ3n) is 4.17. The molecule has 2 aromatic rings. The van der Waals surface area contributed by atoms with E-state index in [0.717, 1.165) is 23.4 Å². The number of fused-ring (bicyclic) bond motifs is 1. The number of amidine groups is 1. The van der Waals surface area contributed by atoms with Crippen molar-refractivity contribution in [1.82, 2.24) is 4.90 Å². The summed E-state index contributed by atoms with van der Waals surface area (Å²) in [5.74, 6) is -0.148. The average Bonchev–Trinajstić information content (AvgIpc) is 3.29. The zero-order valence-corrected chi connectivity index (χ0v) is 16.1. The van der Waals surface area contributed by atoms with Gasteiger partial charge in [0.05, 0.1) is 24.2 Å². The second-order valence-corrected chi connectivity index (χ2v) is 7.09. The molecule has 9 heteroatoms. The Balaban J connectivity index is 1.66. The second kappa shape index (κ2) is 7.96. The molecule has 0 unspecified atom stereocenters. The number of benzene rings is 2. The Bertz CT molecular complexity index is 1040. The van der Waals surface area contributed by atoms with E-state index < -0.39 is 5.97 Å². The molecule has 0 spiro atoms. The molecule has 0 N–H and O–H groups in total. The largest absolute Gasteiger partial charge is 0.466 e. The molecule has 29 heavy (non-hydrogen) atoms. The standard InChI is InChI=1S/C20H15FN2O5S/c1-26-18(24)9-17-19(25)23(10-12-2-7-15-16(8-12)28-11-27-15)20(29-17)22-14-5-3-13(21)4-6-14/h2-9H,10-11H2,1H3/b17-9+,22-20?. The van der Waals surface area contributed by atoms with Crippen molar-refractivity contribution in [1.29, 1.82) is 0 Å². The summed E-state index contributed by atoms with van der Waals surface area (Å²) < 4.78 is 28.5. The van der Waals surface area contributed by atoms with Crippen LogP contribution in [0.2, 0.25) is 0 Å². The zero-order chi connectivity index (χ0) is 20.4. The van der Waals surface area contributed by atoms with Gasteiger partial charge >= 0.3 is 5.97 Å². The van der Waals surface area contributed by atoms with Crippen LogP contribution in [-0.2, 0) is 20.9 Å². The molecule has 7 nitrogen and oxygen atoms in total. The number of aliphatic imine (C=N–C) groups is 1. The molecule has 1 saturated heterocycles. The summed E-state index contributed by atoms with van der Waals surface area (Å²) in [7, 11) is 1.24. The highest BCUT2D eigenvalue weighted by Crippen LogP contribution is 2.36. The lowest BCUT2D eigenvalue weighted by molar-refractivity contribution is -0.135. The molecule has 0 bridgehead atoms. The van der Waals surface area contributed by atoms with Crippen LogP contribution < -0.4 is 9.47 Å². The number of carbonyl (C=O) groups excluding carboxylic acids is 2. The van der Waals surface area contributed by atoms with E-state index in [1.54, 1.807) is 12.1 Å². The van der Waals surface area contributed by atoms with Gasteiger partial charge in [0.1, 0.15) is 5.82 Å². The molecular weight excluding hydrogens is 399 g/mol. The summed E-state index contributed by atoms with van der Waals surface area (Å²) in [6, 6.07) is 11.0. The molecule has 2 aromatic carbocycles. The fourth-order valence-electron chi connectivity index (χ4n) is 2.74. The van der Waals surface area contributed by atoms with Gasteiger partial charge in [-0.25, -0.2) is 14.2 Å². The Kier molecular flexibility index (Phi) is 5.22. The maximum absolute atomic E-state index is 13.2. The number of esters is 1.